The summed E-state index contributed by atoms with van der Waals surface area (Å²) >= 11 is 0. The average Bonchev–Trinajstić information content (AvgIpc) is 3.21. The summed E-state index contributed by atoms with van der Waals surface area (Å²) in [6, 6.07) is 0. The molecular weight excluding hydrogens is 753 g/mol. The summed E-state index contributed by atoms with van der Waals surface area (Å²) in [7, 11) is 0. The molecule has 8 nitrogen and oxygen atoms in total. The topological polar surface area (TPSA) is 112 Å². The van der Waals surface area contributed by atoms with Crippen molar-refractivity contribution in [2.45, 2.75) is 170 Å². The van der Waals surface area contributed by atoms with Gasteiger partial charge in [0.1, 0.15) is 25.4 Å². The molecule has 8 heteroatoms. The van der Waals surface area contributed by atoms with Gasteiger partial charge in [0.05, 0.1) is 24.0 Å². The molecule has 0 radical (unpaired) electrons. The van der Waals surface area contributed by atoms with Gasteiger partial charge >= 0.3 is 11.9 Å². The van der Waals surface area contributed by atoms with Crippen LogP contribution in [0.25, 0.3) is 0 Å². The van der Waals surface area contributed by atoms with Crippen LogP contribution in [-0.2, 0) is 28.5 Å². The van der Waals surface area contributed by atoms with E-state index in [4.69, 9.17) is 18.9 Å². The zero-order valence-corrected chi connectivity index (χ0v) is 38.8. The van der Waals surface area contributed by atoms with Crippen LogP contribution >= 0.6 is 0 Å². The van der Waals surface area contributed by atoms with Crippen LogP contribution in [0.4, 0.5) is 0 Å². The summed E-state index contributed by atoms with van der Waals surface area (Å²) in [5.41, 5.74) is 5.13. The number of rotatable bonds is 19. The molecule has 2 fully saturated rings. The van der Waals surface area contributed by atoms with Crippen molar-refractivity contribution in [1.82, 2.24) is 0 Å². The Balaban J connectivity index is 0.814. The standard InChI is InChI=1S/C52H82O8/c1-35(2)37-15-19-43-39(29-37)17-21-45-49(43,5)23-13-25-51(45,7)47(55)59-33-41(53)31-57-27-11-9-10-12-28-58-32-42(54)34-60-48(56)52(8)26-14-24-50(6)44-20-16-38(36(3)4)30-40(44)18-22-46(50)52/h17-18,29-30,35-36,41-46,53-54H,9-16,19-28,31-34H2,1-8H3. The van der Waals surface area contributed by atoms with Crippen molar-refractivity contribution in [2.24, 2.45) is 57.2 Å². The van der Waals surface area contributed by atoms with Crippen LogP contribution in [0.3, 0.4) is 0 Å². The molecule has 0 spiro atoms. The van der Waals surface area contributed by atoms with Crippen LogP contribution in [0.1, 0.15) is 158 Å². The highest BCUT2D eigenvalue weighted by molar-refractivity contribution is 5.78. The summed E-state index contributed by atoms with van der Waals surface area (Å²) in [5.74, 6) is 2.29. The fourth-order valence-electron chi connectivity index (χ4n) is 13.1. The number of hydrogen-bond acceptors (Lipinski definition) is 8. The molecule has 6 aliphatic rings. The van der Waals surface area contributed by atoms with Gasteiger partial charge in [0.15, 0.2) is 0 Å². The van der Waals surface area contributed by atoms with E-state index in [9.17, 15) is 19.8 Å². The monoisotopic (exact) mass is 835 g/mol. The van der Waals surface area contributed by atoms with Gasteiger partial charge in [-0.2, -0.15) is 0 Å². The number of aliphatic hydroxyl groups is 2. The third-order valence-corrected chi connectivity index (χ3v) is 16.9. The molecule has 10 atom stereocenters. The number of carbonyl (C=O) groups excluding carboxylic acids is 2. The second-order valence-electron chi connectivity index (χ2n) is 21.5. The Morgan fingerprint density at radius 3 is 1.40 bits per heavy atom. The van der Waals surface area contributed by atoms with Crippen molar-refractivity contribution in [3.05, 3.63) is 46.6 Å². The first-order valence-electron chi connectivity index (χ1n) is 24.2. The Bertz CT molecular complexity index is 1500. The summed E-state index contributed by atoms with van der Waals surface area (Å²) in [4.78, 5) is 27.3. The number of aliphatic hydroxyl groups excluding tert-OH is 2. The van der Waals surface area contributed by atoms with E-state index in [1.165, 1.54) is 24.0 Å². The Morgan fingerprint density at radius 2 is 1.02 bits per heavy atom. The van der Waals surface area contributed by atoms with E-state index in [0.29, 0.717) is 36.9 Å². The van der Waals surface area contributed by atoms with E-state index < -0.39 is 23.0 Å². The van der Waals surface area contributed by atoms with E-state index >= 15 is 0 Å². The molecule has 2 N–H and O–H groups in total. The minimum atomic E-state index is -0.849. The zero-order chi connectivity index (χ0) is 43.3. The zero-order valence-electron chi connectivity index (χ0n) is 38.8. The summed E-state index contributed by atoms with van der Waals surface area (Å²) in [6.07, 6.45) is 24.1. The van der Waals surface area contributed by atoms with Crippen molar-refractivity contribution in [2.75, 3.05) is 39.6 Å². The first-order valence-corrected chi connectivity index (χ1v) is 24.2. The molecule has 338 valence electrons. The number of hydrogen-bond donors (Lipinski definition) is 2. The molecule has 0 bridgehead atoms. The van der Waals surface area contributed by atoms with Crippen molar-refractivity contribution in [3.8, 4) is 0 Å². The highest BCUT2D eigenvalue weighted by atomic mass is 16.6. The largest absolute Gasteiger partial charge is 0.462 e. The number of ether oxygens (including phenoxy) is 4. The Morgan fingerprint density at radius 1 is 0.617 bits per heavy atom. The van der Waals surface area contributed by atoms with Crippen molar-refractivity contribution < 1.29 is 38.7 Å². The summed E-state index contributed by atoms with van der Waals surface area (Å²) in [5, 5.41) is 21.2. The number of unbranched alkanes of at least 4 members (excludes halogenated alkanes) is 3. The van der Waals surface area contributed by atoms with E-state index in [-0.39, 0.29) is 61.0 Å². The lowest BCUT2D eigenvalue weighted by molar-refractivity contribution is -0.173. The molecule has 0 saturated heterocycles. The number of allylic oxidation sites excluding steroid dienone is 8. The molecule has 0 aromatic carbocycles. The van der Waals surface area contributed by atoms with Gasteiger partial charge in [-0.15, -0.1) is 0 Å². The average molecular weight is 835 g/mol. The van der Waals surface area contributed by atoms with Gasteiger partial charge in [-0.3, -0.25) is 9.59 Å². The van der Waals surface area contributed by atoms with E-state index in [1.54, 1.807) is 11.1 Å². The van der Waals surface area contributed by atoms with E-state index in [2.05, 4.69) is 79.7 Å². The van der Waals surface area contributed by atoms with Crippen LogP contribution in [0.5, 0.6) is 0 Å². The van der Waals surface area contributed by atoms with Gasteiger partial charge in [-0.25, -0.2) is 0 Å². The molecular formula is C52H82O8. The summed E-state index contributed by atoms with van der Waals surface area (Å²) in [6.45, 7) is 19.4. The molecule has 0 amide bonds. The van der Waals surface area contributed by atoms with Gasteiger partial charge in [0, 0.05) is 13.2 Å². The van der Waals surface area contributed by atoms with Crippen LogP contribution < -0.4 is 0 Å². The normalized spacial score (nSPS) is 34.8. The molecule has 6 aliphatic carbocycles. The molecule has 2 saturated carbocycles. The van der Waals surface area contributed by atoms with Crippen LogP contribution in [0, 0.1) is 57.2 Å². The van der Waals surface area contributed by atoms with Crippen LogP contribution in [0.2, 0.25) is 0 Å². The third-order valence-electron chi connectivity index (χ3n) is 16.9. The minimum absolute atomic E-state index is 0.0410. The molecule has 6 rings (SSSR count). The Kier molecular flexibility index (Phi) is 15.8. The molecule has 0 heterocycles. The van der Waals surface area contributed by atoms with Gasteiger partial charge in [-0.05, 0) is 148 Å². The Labute approximate surface area is 363 Å². The molecule has 0 aromatic heterocycles. The van der Waals surface area contributed by atoms with Crippen LogP contribution in [-0.4, -0.2) is 74.0 Å². The third kappa shape index (κ3) is 10.1. The van der Waals surface area contributed by atoms with Crippen molar-refractivity contribution in [3.63, 3.8) is 0 Å². The quantitative estimate of drug-likeness (QED) is 0.0978. The predicted octanol–water partition coefficient (Wildman–Crippen LogP) is 10.7. The van der Waals surface area contributed by atoms with Crippen molar-refractivity contribution >= 4 is 11.9 Å². The minimum Gasteiger partial charge on any atom is -0.462 e. The maximum Gasteiger partial charge on any atom is 0.312 e. The first-order chi connectivity index (χ1) is 28.5. The lowest BCUT2D eigenvalue weighted by Crippen LogP contribution is -2.53. The summed E-state index contributed by atoms with van der Waals surface area (Å²) < 4.78 is 23.1. The second kappa shape index (κ2) is 20.1. The van der Waals surface area contributed by atoms with E-state index in [1.807, 2.05) is 0 Å². The number of fused-ring (bicyclic) bond motifs is 6. The molecule has 60 heavy (non-hydrogen) atoms. The van der Waals surface area contributed by atoms with Gasteiger partial charge in [0.2, 0.25) is 0 Å². The van der Waals surface area contributed by atoms with E-state index in [0.717, 1.165) is 89.9 Å². The number of esters is 2. The highest BCUT2D eigenvalue weighted by Gasteiger charge is 2.59. The van der Waals surface area contributed by atoms with Gasteiger partial charge < -0.3 is 29.2 Å². The molecule has 10 unspecified atom stereocenters. The van der Waals surface area contributed by atoms with Gasteiger partial charge in [-0.1, -0.05) is 103 Å². The first kappa shape index (κ1) is 47.2. The fraction of sp³-hybridized carbons (Fsp3) is 0.808. The highest BCUT2D eigenvalue weighted by Crippen LogP contribution is 2.64. The molecule has 0 aromatic rings. The van der Waals surface area contributed by atoms with Gasteiger partial charge in [0.25, 0.3) is 0 Å². The lowest BCUT2D eigenvalue weighted by atomic mass is 9.47. The second-order valence-corrected chi connectivity index (χ2v) is 21.5. The number of carbonyl (C=O) groups is 2. The van der Waals surface area contributed by atoms with Crippen molar-refractivity contribution in [1.29, 1.82) is 0 Å². The fourth-order valence-corrected chi connectivity index (χ4v) is 13.1. The maximum atomic E-state index is 13.7. The predicted molar refractivity (Wildman–Crippen MR) is 238 cm³/mol. The Hall–Kier alpha value is -2.26. The maximum absolute atomic E-state index is 13.7. The smallest absolute Gasteiger partial charge is 0.312 e. The lowest BCUT2D eigenvalue weighted by Gasteiger charge is -2.57. The molecule has 0 aliphatic heterocycles. The van der Waals surface area contributed by atoms with Crippen LogP contribution in [0.15, 0.2) is 46.6 Å². The SMILES string of the molecule is CC(C)C1=CC2=CCC3C(C)(C(=O)OCC(O)COCCCCCCOCC(O)COC(=O)C4(C)CCCC5(C)C6CCC(C(C)C)=CC6=CCC45)CCCC3(C)C2CC1.